The molecule has 16 heavy (non-hydrogen) atoms. The summed E-state index contributed by atoms with van der Waals surface area (Å²) >= 11 is 0. The number of methoxy groups -OCH3 is 1. The number of halogens is 2. The van der Waals surface area contributed by atoms with Gasteiger partial charge in [0.1, 0.15) is 6.17 Å². The monoisotopic (exact) mass is 231 g/mol. The summed E-state index contributed by atoms with van der Waals surface area (Å²) in [5.74, 6) is -0.797. The second-order valence-electron chi connectivity index (χ2n) is 3.49. The first-order valence-corrected chi connectivity index (χ1v) is 4.90. The Hall–Kier alpha value is -1.20. The molecule has 1 aromatic carbocycles. The van der Waals surface area contributed by atoms with E-state index in [-0.39, 0.29) is 23.4 Å². The van der Waals surface area contributed by atoms with Crippen molar-refractivity contribution in [2.75, 3.05) is 13.7 Å². The van der Waals surface area contributed by atoms with Crippen molar-refractivity contribution in [1.29, 1.82) is 0 Å². The molecule has 3 N–H and O–H groups in total. The molecular weight excluding hydrogens is 216 g/mol. The van der Waals surface area contributed by atoms with Gasteiger partial charge in [-0.05, 0) is 24.6 Å². The molecule has 0 saturated heterocycles. The number of alkyl halides is 1. The molecule has 0 aliphatic carbocycles. The second-order valence-corrected chi connectivity index (χ2v) is 3.49. The number of aliphatic hydroxyl groups excluding tert-OH is 1. The van der Waals surface area contributed by atoms with Gasteiger partial charge < -0.3 is 15.6 Å². The summed E-state index contributed by atoms with van der Waals surface area (Å²) < 4.78 is 31.4. The van der Waals surface area contributed by atoms with Crippen LogP contribution in [0.2, 0.25) is 0 Å². The number of ether oxygens (including phenoxy) is 1. The zero-order chi connectivity index (χ0) is 12.3. The Morgan fingerprint density at radius 3 is 2.56 bits per heavy atom. The van der Waals surface area contributed by atoms with E-state index in [9.17, 15) is 13.9 Å². The van der Waals surface area contributed by atoms with E-state index in [1.54, 1.807) is 0 Å². The van der Waals surface area contributed by atoms with Crippen LogP contribution in [0.1, 0.15) is 30.3 Å². The molecule has 0 heterocycles. The van der Waals surface area contributed by atoms with Gasteiger partial charge >= 0.3 is 0 Å². The van der Waals surface area contributed by atoms with Gasteiger partial charge in [-0.25, -0.2) is 8.78 Å². The van der Waals surface area contributed by atoms with E-state index in [2.05, 4.69) is 0 Å². The Labute approximate surface area is 92.8 Å². The van der Waals surface area contributed by atoms with Crippen LogP contribution in [0, 0.1) is 5.82 Å². The third kappa shape index (κ3) is 2.48. The zero-order valence-corrected chi connectivity index (χ0v) is 9.21. The summed E-state index contributed by atoms with van der Waals surface area (Å²) in [7, 11) is 1.28. The average Bonchev–Trinajstić information content (AvgIpc) is 2.26. The van der Waals surface area contributed by atoms with Crippen molar-refractivity contribution in [3.05, 3.63) is 29.1 Å². The Morgan fingerprint density at radius 1 is 1.50 bits per heavy atom. The van der Waals surface area contributed by atoms with Gasteiger partial charge in [-0.3, -0.25) is 0 Å². The minimum Gasteiger partial charge on any atom is -0.493 e. The van der Waals surface area contributed by atoms with Crippen LogP contribution in [-0.2, 0) is 0 Å². The predicted octanol–water partition coefficient (Wildman–Crippen LogP) is 1.86. The second kappa shape index (κ2) is 5.23. The summed E-state index contributed by atoms with van der Waals surface area (Å²) in [6, 6.07) is 2.42. The summed E-state index contributed by atoms with van der Waals surface area (Å²) in [5.41, 5.74) is 5.61. The topological polar surface area (TPSA) is 55.5 Å². The summed E-state index contributed by atoms with van der Waals surface area (Å²) in [5, 5.41) is 9.58. The van der Waals surface area contributed by atoms with E-state index in [1.165, 1.54) is 20.1 Å². The van der Waals surface area contributed by atoms with Gasteiger partial charge in [0.15, 0.2) is 11.6 Å². The van der Waals surface area contributed by atoms with E-state index in [4.69, 9.17) is 10.5 Å². The molecule has 0 bridgehead atoms. The number of benzene rings is 1. The molecular formula is C11H15F2NO2. The van der Waals surface area contributed by atoms with Gasteiger partial charge in [0.2, 0.25) is 0 Å². The highest BCUT2D eigenvalue weighted by Gasteiger charge is 2.19. The van der Waals surface area contributed by atoms with E-state index in [0.29, 0.717) is 0 Å². The van der Waals surface area contributed by atoms with Gasteiger partial charge in [-0.15, -0.1) is 0 Å². The molecule has 5 heteroatoms. The summed E-state index contributed by atoms with van der Waals surface area (Å²) in [6.45, 7) is 1.21. The van der Waals surface area contributed by atoms with Crippen LogP contribution in [0.15, 0.2) is 12.1 Å². The third-order valence-corrected chi connectivity index (χ3v) is 2.34. The molecule has 2 unspecified atom stereocenters. The number of aliphatic hydroxyl groups is 1. The number of hydrogen-bond donors (Lipinski definition) is 2. The van der Waals surface area contributed by atoms with Gasteiger partial charge in [0.25, 0.3) is 0 Å². The summed E-state index contributed by atoms with van der Waals surface area (Å²) in [4.78, 5) is 0. The fourth-order valence-electron chi connectivity index (χ4n) is 1.46. The molecule has 0 amide bonds. The lowest BCUT2D eigenvalue weighted by Gasteiger charge is -2.16. The lowest BCUT2D eigenvalue weighted by atomic mass is 10.0. The third-order valence-electron chi connectivity index (χ3n) is 2.34. The van der Waals surface area contributed by atoms with Crippen molar-refractivity contribution < 1.29 is 18.6 Å². The van der Waals surface area contributed by atoms with Crippen molar-refractivity contribution in [3.8, 4) is 5.75 Å². The van der Waals surface area contributed by atoms with E-state index in [1.807, 2.05) is 0 Å². The van der Waals surface area contributed by atoms with Gasteiger partial charge in [-0.2, -0.15) is 0 Å². The van der Waals surface area contributed by atoms with Crippen LogP contribution in [-0.4, -0.2) is 18.8 Å². The first-order chi connectivity index (χ1) is 7.51. The molecule has 0 radical (unpaired) electrons. The first-order valence-electron chi connectivity index (χ1n) is 4.90. The number of hydrogen-bond acceptors (Lipinski definition) is 3. The molecule has 0 aliphatic rings. The molecule has 2 atom stereocenters. The Kier molecular flexibility index (Phi) is 4.20. The normalized spacial score (nSPS) is 14.6. The Morgan fingerprint density at radius 2 is 2.12 bits per heavy atom. The van der Waals surface area contributed by atoms with E-state index >= 15 is 0 Å². The number of nitrogens with two attached hydrogens (primary N) is 1. The maximum atomic E-state index is 13.5. The van der Waals surface area contributed by atoms with Crippen molar-refractivity contribution in [2.45, 2.75) is 19.2 Å². The summed E-state index contributed by atoms with van der Waals surface area (Å²) in [6.07, 6.45) is -2.38. The van der Waals surface area contributed by atoms with Crippen LogP contribution >= 0.6 is 0 Å². The molecule has 3 nitrogen and oxygen atoms in total. The highest BCUT2D eigenvalue weighted by atomic mass is 19.1. The standard InChI is InChI=1S/C11H15F2NO2/c1-6(12)7-3-8(10(15)5-14)11(16-2)9(13)4-7/h3-4,6,10,15H,5,14H2,1-2H3. The van der Waals surface area contributed by atoms with Crippen LogP contribution < -0.4 is 10.5 Å². The fraction of sp³-hybridized carbons (Fsp3) is 0.455. The maximum absolute atomic E-state index is 13.5. The van der Waals surface area contributed by atoms with Crippen molar-refractivity contribution in [1.82, 2.24) is 0 Å². The molecule has 1 aromatic rings. The number of rotatable bonds is 4. The SMILES string of the molecule is COc1c(F)cc(C(C)F)cc1C(O)CN. The lowest BCUT2D eigenvalue weighted by molar-refractivity contribution is 0.180. The Balaban J connectivity index is 3.30. The Bertz CT molecular complexity index is 369. The van der Waals surface area contributed by atoms with Crippen molar-refractivity contribution >= 4 is 0 Å². The quantitative estimate of drug-likeness (QED) is 0.831. The highest BCUT2D eigenvalue weighted by molar-refractivity contribution is 5.41. The molecule has 0 spiro atoms. The van der Waals surface area contributed by atoms with Crippen LogP contribution in [0.5, 0.6) is 5.75 Å². The van der Waals surface area contributed by atoms with Crippen LogP contribution in [0.3, 0.4) is 0 Å². The molecule has 0 aliphatic heterocycles. The smallest absolute Gasteiger partial charge is 0.165 e. The first kappa shape index (κ1) is 12.9. The predicted molar refractivity (Wildman–Crippen MR) is 56.5 cm³/mol. The highest BCUT2D eigenvalue weighted by Crippen LogP contribution is 2.32. The van der Waals surface area contributed by atoms with Crippen molar-refractivity contribution in [2.24, 2.45) is 5.73 Å². The molecule has 0 saturated carbocycles. The van der Waals surface area contributed by atoms with Crippen LogP contribution in [0.4, 0.5) is 8.78 Å². The van der Waals surface area contributed by atoms with E-state index in [0.717, 1.165) is 6.07 Å². The molecule has 1 rings (SSSR count). The molecule has 0 fully saturated rings. The average molecular weight is 231 g/mol. The zero-order valence-electron chi connectivity index (χ0n) is 9.21. The lowest BCUT2D eigenvalue weighted by Crippen LogP contribution is -2.13. The largest absolute Gasteiger partial charge is 0.493 e. The minimum atomic E-state index is -1.32. The maximum Gasteiger partial charge on any atom is 0.165 e. The fourth-order valence-corrected chi connectivity index (χ4v) is 1.46. The van der Waals surface area contributed by atoms with Crippen LogP contribution in [0.25, 0.3) is 0 Å². The van der Waals surface area contributed by atoms with Crippen molar-refractivity contribution in [3.63, 3.8) is 0 Å². The molecule has 0 aromatic heterocycles. The van der Waals surface area contributed by atoms with E-state index < -0.39 is 18.1 Å². The molecule has 90 valence electrons. The van der Waals surface area contributed by atoms with Gasteiger partial charge in [0, 0.05) is 12.1 Å². The minimum absolute atomic E-state index is 0.0834. The van der Waals surface area contributed by atoms with Gasteiger partial charge in [0.05, 0.1) is 13.2 Å². The van der Waals surface area contributed by atoms with Gasteiger partial charge in [-0.1, -0.05) is 0 Å².